The zero-order valence-electron chi connectivity index (χ0n) is 6.64. The average Bonchev–Trinajstić information content (AvgIpc) is 2.04. The summed E-state index contributed by atoms with van der Waals surface area (Å²) in [7, 11) is 0. The molecule has 1 aliphatic heterocycles. The maximum Gasteiger partial charge on any atom is -0.00139 e. The third-order valence-corrected chi connectivity index (χ3v) is 2.37. The summed E-state index contributed by atoms with van der Waals surface area (Å²) < 4.78 is 0. The Labute approximate surface area is 63.2 Å². The van der Waals surface area contributed by atoms with Gasteiger partial charge in [-0.05, 0) is 37.9 Å². The smallest absolute Gasteiger partial charge is 0.00139 e. The van der Waals surface area contributed by atoms with Crippen LogP contribution < -0.4 is 11.1 Å². The van der Waals surface area contributed by atoms with Crippen molar-refractivity contribution in [1.82, 2.24) is 5.32 Å². The third kappa shape index (κ3) is 1.70. The molecule has 3 N–H and O–H groups in total. The topological polar surface area (TPSA) is 38.0 Å². The maximum atomic E-state index is 5.61. The Morgan fingerprint density at radius 3 is 3.00 bits per heavy atom. The number of hydrogen-bond acceptors (Lipinski definition) is 2. The van der Waals surface area contributed by atoms with Crippen LogP contribution in [-0.4, -0.2) is 19.6 Å². The lowest BCUT2D eigenvalue weighted by Gasteiger charge is -2.29. The van der Waals surface area contributed by atoms with Crippen LogP contribution in [0, 0.1) is 18.3 Å². The van der Waals surface area contributed by atoms with Crippen molar-refractivity contribution in [3.63, 3.8) is 0 Å². The highest BCUT2D eigenvalue weighted by atomic mass is 14.9. The minimum Gasteiger partial charge on any atom is -0.330 e. The van der Waals surface area contributed by atoms with Crippen molar-refractivity contribution in [2.24, 2.45) is 17.6 Å². The minimum atomic E-state index is 0.659. The molecule has 0 amide bonds. The van der Waals surface area contributed by atoms with E-state index in [4.69, 9.17) is 5.73 Å². The Morgan fingerprint density at radius 2 is 2.50 bits per heavy atom. The van der Waals surface area contributed by atoms with Crippen molar-refractivity contribution in [1.29, 1.82) is 0 Å². The Kier molecular flexibility index (Phi) is 3.16. The number of nitrogens with one attached hydrogen (secondary N) is 1. The van der Waals surface area contributed by atoms with Gasteiger partial charge in [0.2, 0.25) is 0 Å². The van der Waals surface area contributed by atoms with E-state index in [1.165, 1.54) is 6.42 Å². The van der Waals surface area contributed by atoms with Crippen molar-refractivity contribution in [3.8, 4) is 0 Å². The van der Waals surface area contributed by atoms with E-state index in [0.717, 1.165) is 25.6 Å². The molecule has 0 aromatic heterocycles. The van der Waals surface area contributed by atoms with E-state index in [1.54, 1.807) is 0 Å². The Balaban J connectivity index is 2.34. The Morgan fingerprint density at radius 1 is 1.70 bits per heavy atom. The van der Waals surface area contributed by atoms with Gasteiger partial charge < -0.3 is 11.1 Å². The lowest BCUT2D eigenvalue weighted by Crippen LogP contribution is -2.39. The largest absolute Gasteiger partial charge is 0.330 e. The zero-order chi connectivity index (χ0) is 7.40. The van der Waals surface area contributed by atoms with Gasteiger partial charge >= 0.3 is 0 Å². The second-order valence-corrected chi connectivity index (χ2v) is 2.96. The van der Waals surface area contributed by atoms with E-state index in [0.29, 0.717) is 5.92 Å². The average molecular weight is 141 g/mol. The molecule has 59 valence electrons. The molecule has 2 atom stereocenters. The SMILES string of the molecule is CCC1CNC[CH]C1CN. The molecule has 0 spiro atoms. The molecule has 2 heteroatoms. The molecule has 1 heterocycles. The van der Waals surface area contributed by atoms with Crippen LogP contribution in [0.5, 0.6) is 0 Å². The quantitative estimate of drug-likeness (QED) is 0.584. The van der Waals surface area contributed by atoms with Crippen molar-refractivity contribution in [2.75, 3.05) is 19.6 Å². The highest BCUT2D eigenvalue weighted by molar-refractivity contribution is 4.89. The molecule has 0 aliphatic carbocycles. The fraction of sp³-hybridized carbons (Fsp3) is 0.875. The van der Waals surface area contributed by atoms with Crippen molar-refractivity contribution in [3.05, 3.63) is 6.42 Å². The first-order chi connectivity index (χ1) is 4.88. The summed E-state index contributed by atoms with van der Waals surface area (Å²) in [5.41, 5.74) is 5.61. The second kappa shape index (κ2) is 3.94. The van der Waals surface area contributed by atoms with Gasteiger partial charge in [-0.3, -0.25) is 0 Å². The van der Waals surface area contributed by atoms with Crippen LogP contribution in [0.2, 0.25) is 0 Å². The molecule has 1 fully saturated rings. The monoisotopic (exact) mass is 141 g/mol. The van der Waals surface area contributed by atoms with Gasteiger partial charge in [0.25, 0.3) is 0 Å². The van der Waals surface area contributed by atoms with E-state index < -0.39 is 0 Å². The minimum absolute atomic E-state index is 0.659. The van der Waals surface area contributed by atoms with Gasteiger partial charge in [-0.1, -0.05) is 13.3 Å². The molecular formula is C8H17N2. The molecule has 0 aromatic rings. The predicted octanol–water partition coefficient (Wildman–Crippen LogP) is 0.395. The lowest BCUT2D eigenvalue weighted by atomic mass is 9.85. The van der Waals surface area contributed by atoms with Crippen molar-refractivity contribution in [2.45, 2.75) is 13.3 Å². The van der Waals surface area contributed by atoms with Crippen LogP contribution in [0.4, 0.5) is 0 Å². The highest BCUT2D eigenvalue weighted by Crippen LogP contribution is 2.19. The van der Waals surface area contributed by atoms with Gasteiger partial charge in [-0.25, -0.2) is 0 Å². The molecule has 1 rings (SSSR count). The van der Waals surface area contributed by atoms with Crippen molar-refractivity contribution >= 4 is 0 Å². The standard InChI is InChI=1S/C8H17N2/c1-2-7-6-10-4-3-8(7)5-9/h3,7-8,10H,2,4-6,9H2,1H3. The van der Waals surface area contributed by atoms with Gasteiger partial charge in [-0.2, -0.15) is 0 Å². The van der Waals surface area contributed by atoms with E-state index >= 15 is 0 Å². The summed E-state index contributed by atoms with van der Waals surface area (Å²) in [6.45, 7) is 5.24. The molecule has 0 saturated carbocycles. The molecular weight excluding hydrogens is 124 g/mol. The molecule has 0 aromatic carbocycles. The number of nitrogens with two attached hydrogens (primary N) is 1. The van der Waals surface area contributed by atoms with Crippen molar-refractivity contribution < 1.29 is 0 Å². The fourth-order valence-corrected chi connectivity index (χ4v) is 1.58. The van der Waals surface area contributed by atoms with E-state index in [-0.39, 0.29) is 0 Å². The van der Waals surface area contributed by atoms with Gasteiger partial charge in [0.15, 0.2) is 0 Å². The first-order valence-electron chi connectivity index (χ1n) is 4.12. The maximum absolute atomic E-state index is 5.61. The molecule has 10 heavy (non-hydrogen) atoms. The fourth-order valence-electron chi connectivity index (χ4n) is 1.58. The molecule has 1 radical (unpaired) electrons. The van der Waals surface area contributed by atoms with Gasteiger partial charge in [0, 0.05) is 0 Å². The van der Waals surface area contributed by atoms with Crippen LogP contribution in [0.25, 0.3) is 0 Å². The van der Waals surface area contributed by atoms with Crippen LogP contribution in [-0.2, 0) is 0 Å². The van der Waals surface area contributed by atoms with Crippen LogP contribution in [0.1, 0.15) is 13.3 Å². The van der Waals surface area contributed by atoms with Gasteiger partial charge in [0.05, 0.1) is 0 Å². The summed E-state index contributed by atoms with van der Waals surface area (Å²) in [5, 5.41) is 3.34. The van der Waals surface area contributed by atoms with Gasteiger partial charge in [-0.15, -0.1) is 0 Å². The molecule has 2 nitrogen and oxygen atoms in total. The predicted molar refractivity (Wildman–Crippen MR) is 43.5 cm³/mol. The molecule has 0 bridgehead atoms. The van der Waals surface area contributed by atoms with Crippen LogP contribution in [0.15, 0.2) is 0 Å². The van der Waals surface area contributed by atoms with E-state index in [1.807, 2.05) is 0 Å². The van der Waals surface area contributed by atoms with E-state index in [2.05, 4.69) is 18.7 Å². The lowest BCUT2D eigenvalue weighted by molar-refractivity contribution is 0.312. The Bertz CT molecular complexity index is 81.3. The normalized spacial score (nSPS) is 34.2. The zero-order valence-corrected chi connectivity index (χ0v) is 6.64. The Hall–Kier alpha value is -0.0800. The molecule has 1 saturated heterocycles. The van der Waals surface area contributed by atoms with Crippen LogP contribution in [0.3, 0.4) is 0 Å². The van der Waals surface area contributed by atoms with Gasteiger partial charge in [0.1, 0.15) is 0 Å². The first-order valence-corrected chi connectivity index (χ1v) is 4.12. The third-order valence-electron chi connectivity index (χ3n) is 2.37. The first kappa shape index (κ1) is 8.02. The van der Waals surface area contributed by atoms with Crippen LogP contribution >= 0.6 is 0 Å². The summed E-state index contributed by atoms with van der Waals surface area (Å²) >= 11 is 0. The highest BCUT2D eigenvalue weighted by Gasteiger charge is 2.21. The molecule has 1 aliphatic rings. The number of rotatable bonds is 2. The summed E-state index contributed by atoms with van der Waals surface area (Å²) in [6.07, 6.45) is 3.54. The second-order valence-electron chi connectivity index (χ2n) is 2.96. The summed E-state index contributed by atoms with van der Waals surface area (Å²) in [5.74, 6) is 1.44. The number of hydrogen-bond donors (Lipinski definition) is 2. The molecule has 2 unspecified atom stereocenters. The number of piperidine rings is 1. The van der Waals surface area contributed by atoms with E-state index in [9.17, 15) is 0 Å². The summed E-state index contributed by atoms with van der Waals surface area (Å²) in [6, 6.07) is 0. The summed E-state index contributed by atoms with van der Waals surface area (Å²) in [4.78, 5) is 0.